The van der Waals surface area contributed by atoms with Gasteiger partial charge in [-0.15, -0.1) is 0 Å². The van der Waals surface area contributed by atoms with E-state index in [2.05, 4.69) is 9.47 Å². The molecule has 0 unspecified atom stereocenters. The van der Waals surface area contributed by atoms with Gasteiger partial charge in [-0.2, -0.15) is 0 Å². The van der Waals surface area contributed by atoms with E-state index in [1.165, 1.54) is 14.2 Å². The Balaban J connectivity index is 3.43. The summed E-state index contributed by atoms with van der Waals surface area (Å²) in [6, 6.07) is 0. The Morgan fingerprint density at radius 3 is 2.11 bits per heavy atom. The van der Waals surface area contributed by atoms with Crippen molar-refractivity contribution in [2.75, 3.05) is 20.8 Å². The lowest BCUT2D eigenvalue weighted by molar-refractivity contribution is -0.503. The molecule has 0 fully saturated rings. The van der Waals surface area contributed by atoms with Crippen molar-refractivity contribution in [2.24, 2.45) is 0 Å². The average molecular weight is 135 g/mol. The highest BCUT2D eigenvalue weighted by Gasteiger charge is 2.11. The Morgan fingerprint density at radius 1 is 1.56 bits per heavy atom. The minimum absolute atomic E-state index is 0.312. The molecule has 5 nitrogen and oxygen atoms in total. The first-order chi connectivity index (χ1) is 4.20. The maximum absolute atomic E-state index is 9.77. The molecule has 5 heteroatoms. The largest absolute Gasteiger partial charge is 0.350 e. The number of methoxy groups -OCH3 is 2. The third kappa shape index (κ3) is 3.87. The molecule has 0 aliphatic heterocycles. The van der Waals surface area contributed by atoms with Gasteiger partial charge < -0.3 is 9.47 Å². The molecule has 0 bridgehead atoms. The van der Waals surface area contributed by atoms with Crippen molar-refractivity contribution in [3.05, 3.63) is 10.1 Å². The van der Waals surface area contributed by atoms with Crippen molar-refractivity contribution in [3.63, 3.8) is 0 Å². The van der Waals surface area contributed by atoms with E-state index in [0.717, 1.165) is 0 Å². The Labute approximate surface area is 52.7 Å². The lowest BCUT2D eigenvalue weighted by Crippen LogP contribution is -2.23. The van der Waals surface area contributed by atoms with E-state index in [0.29, 0.717) is 0 Å². The molecular weight excluding hydrogens is 126 g/mol. The maximum Gasteiger partial charge on any atom is 0.254 e. The first-order valence-electron chi connectivity index (χ1n) is 2.38. The van der Waals surface area contributed by atoms with Crippen molar-refractivity contribution < 1.29 is 14.4 Å². The van der Waals surface area contributed by atoms with Crippen LogP contribution in [0.2, 0.25) is 0 Å². The van der Waals surface area contributed by atoms with E-state index >= 15 is 0 Å². The van der Waals surface area contributed by atoms with E-state index in [1.807, 2.05) is 0 Å². The summed E-state index contributed by atoms with van der Waals surface area (Å²) in [5.41, 5.74) is 0. The van der Waals surface area contributed by atoms with Crippen molar-refractivity contribution in [2.45, 2.75) is 6.29 Å². The Hall–Kier alpha value is -0.680. The molecule has 0 atom stereocenters. The van der Waals surface area contributed by atoms with E-state index in [4.69, 9.17) is 0 Å². The Bertz CT molecular complexity index is 90.6. The summed E-state index contributed by atoms with van der Waals surface area (Å²) < 4.78 is 9.09. The first-order valence-corrected chi connectivity index (χ1v) is 2.38. The Morgan fingerprint density at radius 2 is 2.00 bits per heavy atom. The molecule has 0 aromatic rings. The molecule has 0 aromatic carbocycles. The molecule has 0 saturated heterocycles. The fourth-order valence-corrected chi connectivity index (χ4v) is 0.367. The minimum Gasteiger partial charge on any atom is -0.350 e. The Kier molecular flexibility index (Phi) is 3.90. The highest BCUT2D eigenvalue weighted by molar-refractivity contribution is 4.34. The number of ether oxygens (including phenoxy) is 2. The molecule has 0 saturated carbocycles. The number of nitro groups is 1. The fraction of sp³-hybridized carbons (Fsp3) is 1.00. The van der Waals surface area contributed by atoms with Crippen LogP contribution in [-0.4, -0.2) is 32.0 Å². The predicted octanol–water partition coefficient (Wildman–Crippen LogP) is -0.118. The van der Waals surface area contributed by atoms with Gasteiger partial charge >= 0.3 is 0 Å². The molecule has 0 radical (unpaired) electrons. The van der Waals surface area contributed by atoms with Gasteiger partial charge in [-0.05, 0) is 0 Å². The summed E-state index contributed by atoms with van der Waals surface area (Å²) in [6.45, 7) is -0.312. The van der Waals surface area contributed by atoms with Gasteiger partial charge in [-0.3, -0.25) is 10.1 Å². The molecule has 0 heterocycles. The van der Waals surface area contributed by atoms with Gasteiger partial charge in [0.05, 0.1) is 0 Å². The van der Waals surface area contributed by atoms with Gasteiger partial charge in [-0.25, -0.2) is 0 Å². The standard InChI is InChI=1S/C4H9NO4/c1-8-4(9-2)3-5(6)7/h4H,3H2,1-2H3. The molecule has 0 spiro atoms. The van der Waals surface area contributed by atoms with Gasteiger partial charge in [0.2, 0.25) is 6.29 Å². The van der Waals surface area contributed by atoms with Crippen molar-refractivity contribution in [1.29, 1.82) is 0 Å². The summed E-state index contributed by atoms with van der Waals surface area (Å²) in [5, 5.41) is 9.77. The topological polar surface area (TPSA) is 61.6 Å². The third-order valence-corrected chi connectivity index (χ3v) is 0.824. The second-order valence-electron chi connectivity index (χ2n) is 1.42. The average Bonchev–Trinajstić information content (AvgIpc) is 1.82. The van der Waals surface area contributed by atoms with Gasteiger partial charge in [0.1, 0.15) is 0 Å². The molecule has 9 heavy (non-hydrogen) atoms. The van der Waals surface area contributed by atoms with Crippen LogP contribution in [0.5, 0.6) is 0 Å². The van der Waals surface area contributed by atoms with Crippen LogP contribution < -0.4 is 0 Å². The SMILES string of the molecule is COC(C[N+](=O)[O-])OC. The summed E-state index contributed by atoms with van der Waals surface area (Å²) in [7, 11) is 2.72. The van der Waals surface area contributed by atoms with Crippen molar-refractivity contribution >= 4 is 0 Å². The summed E-state index contributed by atoms with van der Waals surface area (Å²) in [4.78, 5) is 9.28. The summed E-state index contributed by atoms with van der Waals surface area (Å²) in [5.74, 6) is 0. The number of nitrogens with zero attached hydrogens (tertiary/aromatic N) is 1. The van der Waals surface area contributed by atoms with Crippen molar-refractivity contribution in [3.8, 4) is 0 Å². The summed E-state index contributed by atoms with van der Waals surface area (Å²) >= 11 is 0. The zero-order chi connectivity index (χ0) is 7.28. The second kappa shape index (κ2) is 4.22. The van der Waals surface area contributed by atoms with E-state index in [1.54, 1.807) is 0 Å². The molecule has 0 N–H and O–H groups in total. The van der Waals surface area contributed by atoms with E-state index in [9.17, 15) is 10.1 Å². The number of hydrogen-bond donors (Lipinski definition) is 0. The third-order valence-electron chi connectivity index (χ3n) is 0.824. The van der Waals surface area contributed by atoms with Crippen molar-refractivity contribution in [1.82, 2.24) is 0 Å². The number of rotatable bonds is 4. The molecular formula is C4H9NO4. The van der Waals surface area contributed by atoms with Crippen LogP contribution in [0.4, 0.5) is 0 Å². The maximum atomic E-state index is 9.77. The molecule has 0 rings (SSSR count). The molecule has 0 amide bonds. The van der Waals surface area contributed by atoms with Gasteiger partial charge in [0, 0.05) is 19.1 Å². The predicted molar refractivity (Wildman–Crippen MR) is 29.7 cm³/mol. The van der Waals surface area contributed by atoms with Gasteiger partial charge in [-0.1, -0.05) is 0 Å². The lowest BCUT2D eigenvalue weighted by atomic mass is 10.6. The number of hydrogen-bond acceptors (Lipinski definition) is 4. The second-order valence-corrected chi connectivity index (χ2v) is 1.42. The molecule has 0 aliphatic carbocycles. The first kappa shape index (κ1) is 8.32. The van der Waals surface area contributed by atoms with Crippen LogP contribution in [-0.2, 0) is 9.47 Å². The molecule has 54 valence electrons. The fourth-order valence-electron chi connectivity index (χ4n) is 0.367. The molecule has 0 aliphatic rings. The highest BCUT2D eigenvalue weighted by atomic mass is 16.7. The summed E-state index contributed by atoms with van der Waals surface area (Å²) in [6.07, 6.45) is -0.722. The monoisotopic (exact) mass is 135 g/mol. The minimum atomic E-state index is -0.722. The zero-order valence-corrected chi connectivity index (χ0v) is 5.36. The van der Waals surface area contributed by atoms with Crippen LogP contribution in [0, 0.1) is 10.1 Å². The van der Waals surface area contributed by atoms with E-state index < -0.39 is 11.2 Å². The quantitative estimate of drug-likeness (QED) is 0.306. The van der Waals surface area contributed by atoms with Crippen LogP contribution in [0.25, 0.3) is 0 Å². The van der Waals surface area contributed by atoms with Gasteiger partial charge in [0.25, 0.3) is 6.54 Å². The van der Waals surface area contributed by atoms with Crippen LogP contribution in [0.3, 0.4) is 0 Å². The lowest BCUT2D eigenvalue weighted by Gasteiger charge is -2.06. The zero-order valence-electron chi connectivity index (χ0n) is 5.36. The molecule has 0 aromatic heterocycles. The van der Waals surface area contributed by atoms with E-state index in [-0.39, 0.29) is 6.54 Å². The highest BCUT2D eigenvalue weighted by Crippen LogP contribution is 1.89. The van der Waals surface area contributed by atoms with Crippen LogP contribution >= 0.6 is 0 Å². The normalized spacial score (nSPS) is 10.1. The van der Waals surface area contributed by atoms with Crippen LogP contribution in [0.15, 0.2) is 0 Å². The van der Waals surface area contributed by atoms with Gasteiger partial charge in [0.15, 0.2) is 0 Å². The van der Waals surface area contributed by atoms with Crippen LogP contribution in [0.1, 0.15) is 0 Å². The smallest absolute Gasteiger partial charge is 0.254 e.